The molecule has 1 aliphatic rings. The fourth-order valence-electron chi connectivity index (χ4n) is 3.17. The maximum Gasteiger partial charge on any atom is 0.573 e. The molecule has 0 unspecified atom stereocenters. The Kier molecular flexibility index (Phi) is 9.30. The van der Waals surface area contributed by atoms with Crippen molar-refractivity contribution in [1.82, 2.24) is 10.2 Å². The monoisotopic (exact) mass is 476 g/mol. The predicted octanol–water partition coefficient (Wildman–Crippen LogP) is 4.92. The molecule has 0 bridgehead atoms. The van der Waals surface area contributed by atoms with Gasteiger partial charge in [0.15, 0.2) is 0 Å². The molecule has 1 aliphatic heterocycles. The molecule has 1 fully saturated rings. The summed E-state index contributed by atoms with van der Waals surface area (Å²) in [6, 6.07) is 6.94. The highest BCUT2D eigenvalue weighted by molar-refractivity contribution is 6.32. The number of alkyl halides is 3. The number of nitrogens with zero attached hydrogens (tertiary/aromatic N) is 1. The van der Waals surface area contributed by atoms with Gasteiger partial charge in [-0.25, -0.2) is 4.39 Å². The second-order valence-electron chi connectivity index (χ2n) is 6.13. The molecule has 3 rings (SSSR count). The van der Waals surface area contributed by atoms with E-state index in [2.05, 4.69) is 10.1 Å². The van der Waals surface area contributed by atoms with Crippen molar-refractivity contribution in [3.8, 4) is 11.5 Å². The Morgan fingerprint density at radius 1 is 1.07 bits per heavy atom. The first-order valence-corrected chi connectivity index (χ1v) is 8.61. The molecule has 1 heterocycles. The number of phenolic OH excluding ortho intramolecular Hbond substituents is 1. The Morgan fingerprint density at radius 2 is 1.66 bits per heavy atom. The van der Waals surface area contributed by atoms with E-state index in [4.69, 9.17) is 11.6 Å². The van der Waals surface area contributed by atoms with Crippen LogP contribution in [0.4, 0.5) is 17.6 Å². The van der Waals surface area contributed by atoms with E-state index >= 15 is 0 Å². The zero-order valence-corrected chi connectivity index (χ0v) is 17.3. The van der Waals surface area contributed by atoms with E-state index in [1.54, 1.807) is 0 Å². The molecular formula is C18H19Cl3F4N2O2. The highest BCUT2D eigenvalue weighted by Gasteiger charge is 2.32. The van der Waals surface area contributed by atoms with Crippen LogP contribution in [0.5, 0.6) is 11.5 Å². The highest BCUT2D eigenvalue weighted by atomic mass is 35.5. The van der Waals surface area contributed by atoms with Crippen molar-refractivity contribution < 1.29 is 27.4 Å². The van der Waals surface area contributed by atoms with Gasteiger partial charge in [-0.1, -0.05) is 23.7 Å². The largest absolute Gasteiger partial charge is 0.573 e. The molecule has 29 heavy (non-hydrogen) atoms. The number of phenols is 1. The zero-order chi connectivity index (χ0) is 19.6. The number of piperazine rings is 1. The topological polar surface area (TPSA) is 44.7 Å². The maximum absolute atomic E-state index is 13.9. The van der Waals surface area contributed by atoms with Gasteiger partial charge in [0.1, 0.15) is 17.3 Å². The van der Waals surface area contributed by atoms with Crippen molar-refractivity contribution in [2.45, 2.75) is 12.4 Å². The average Bonchev–Trinajstić information content (AvgIpc) is 2.60. The van der Waals surface area contributed by atoms with Crippen LogP contribution in [0.1, 0.15) is 17.2 Å². The second-order valence-corrected chi connectivity index (χ2v) is 6.54. The predicted molar refractivity (Wildman–Crippen MR) is 107 cm³/mol. The third kappa shape index (κ3) is 6.52. The molecule has 162 valence electrons. The molecule has 2 aromatic carbocycles. The van der Waals surface area contributed by atoms with E-state index < -0.39 is 18.2 Å². The van der Waals surface area contributed by atoms with E-state index in [1.165, 1.54) is 30.3 Å². The molecule has 1 atom stereocenters. The molecule has 2 N–H and O–H groups in total. The Bertz CT molecular complexity index is 801. The molecule has 4 nitrogen and oxygen atoms in total. The van der Waals surface area contributed by atoms with Crippen LogP contribution in [0.25, 0.3) is 0 Å². The van der Waals surface area contributed by atoms with Gasteiger partial charge in [-0.15, -0.1) is 38.0 Å². The molecule has 0 aliphatic carbocycles. The number of benzene rings is 2. The van der Waals surface area contributed by atoms with Crippen LogP contribution in [0.15, 0.2) is 36.4 Å². The summed E-state index contributed by atoms with van der Waals surface area (Å²) in [6.07, 6.45) is -4.78. The molecule has 0 spiro atoms. The number of hydrogen-bond acceptors (Lipinski definition) is 4. The summed E-state index contributed by atoms with van der Waals surface area (Å²) in [4.78, 5) is 2.00. The standard InChI is InChI=1S/C18H17ClF4N2O2.2ClH/c19-15-10-12(20)9-14(17(15)26)16(25-7-5-24-6-8-25)11-1-3-13(4-2-11)27-18(21,22)23;;/h1-4,9-10,16,24,26H,5-8H2;2*1H/t16-;;/m1../s1. The SMILES string of the molecule is Cl.Cl.Oc1c(Cl)cc(F)cc1[C@@H](c1ccc(OC(F)(F)F)cc1)N1CCNCC1. The summed E-state index contributed by atoms with van der Waals surface area (Å²) in [5.74, 6) is -1.21. The number of nitrogens with one attached hydrogen (secondary N) is 1. The molecular weight excluding hydrogens is 459 g/mol. The van der Waals surface area contributed by atoms with Crippen molar-refractivity contribution in [3.63, 3.8) is 0 Å². The van der Waals surface area contributed by atoms with E-state index in [0.717, 1.165) is 6.07 Å². The van der Waals surface area contributed by atoms with Gasteiger partial charge in [-0.3, -0.25) is 4.90 Å². The van der Waals surface area contributed by atoms with Crippen molar-refractivity contribution in [2.24, 2.45) is 0 Å². The van der Waals surface area contributed by atoms with Gasteiger partial charge in [0, 0.05) is 31.7 Å². The summed E-state index contributed by atoms with van der Waals surface area (Å²) >= 11 is 5.92. The Labute approximate surface area is 182 Å². The molecule has 0 radical (unpaired) electrons. The van der Waals surface area contributed by atoms with Gasteiger partial charge in [-0.05, 0) is 29.8 Å². The molecule has 11 heteroatoms. The van der Waals surface area contributed by atoms with Gasteiger partial charge in [0.25, 0.3) is 0 Å². The lowest BCUT2D eigenvalue weighted by Crippen LogP contribution is -2.45. The van der Waals surface area contributed by atoms with Crippen molar-refractivity contribution in [1.29, 1.82) is 0 Å². The van der Waals surface area contributed by atoms with Gasteiger partial charge < -0.3 is 15.2 Å². The van der Waals surface area contributed by atoms with Crippen LogP contribution >= 0.6 is 36.4 Å². The third-order valence-corrected chi connectivity index (χ3v) is 4.59. The molecule has 0 amide bonds. The first-order valence-electron chi connectivity index (χ1n) is 8.23. The van der Waals surface area contributed by atoms with Crippen molar-refractivity contribution in [2.75, 3.05) is 26.2 Å². The van der Waals surface area contributed by atoms with E-state index in [-0.39, 0.29) is 46.9 Å². The zero-order valence-electron chi connectivity index (χ0n) is 14.9. The second kappa shape index (κ2) is 10.5. The summed E-state index contributed by atoms with van der Waals surface area (Å²) in [5, 5.41) is 13.4. The lowest BCUT2D eigenvalue weighted by atomic mass is 9.95. The normalized spacial score (nSPS) is 15.8. The number of aromatic hydroxyl groups is 1. The van der Waals surface area contributed by atoms with Gasteiger partial charge in [0.2, 0.25) is 0 Å². The Morgan fingerprint density at radius 3 is 2.21 bits per heavy atom. The summed E-state index contributed by atoms with van der Waals surface area (Å²) in [5.41, 5.74) is 0.842. The van der Waals surface area contributed by atoms with Crippen LogP contribution in [0.2, 0.25) is 5.02 Å². The minimum atomic E-state index is -4.78. The molecule has 0 saturated carbocycles. The van der Waals surface area contributed by atoms with Crippen molar-refractivity contribution >= 4 is 36.4 Å². The number of ether oxygens (including phenoxy) is 1. The summed E-state index contributed by atoms with van der Waals surface area (Å²) < 4.78 is 54.9. The van der Waals surface area contributed by atoms with Crippen LogP contribution in [0.3, 0.4) is 0 Å². The molecule has 2 aromatic rings. The van der Waals surface area contributed by atoms with Crippen LogP contribution in [0, 0.1) is 5.82 Å². The number of rotatable bonds is 4. The lowest BCUT2D eigenvalue weighted by Gasteiger charge is -2.36. The fourth-order valence-corrected chi connectivity index (χ4v) is 3.39. The Balaban J connectivity index is 0.00000210. The molecule has 1 saturated heterocycles. The van der Waals surface area contributed by atoms with Gasteiger partial charge in [0.05, 0.1) is 11.1 Å². The van der Waals surface area contributed by atoms with E-state index in [1.807, 2.05) is 4.90 Å². The first-order chi connectivity index (χ1) is 12.7. The minimum absolute atomic E-state index is 0. The quantitative estimate of drug-likeness (QED) is 0.614. The number of hydrogen-bond donors (Lipinski definition) is 2. The number of halogens is 7. The van der Waals surface area contributed by atoms with Crippen LogP contribution in [-0.4, -0.2) is 42.5 Å². The van der Waals surface area contributed by atoms with Gasteiger partial charge in [-0.2, -0.15) is 0 Å². The minimum Gasteiger partial charge on any atom is -0.506 e. The maximum atomic E-state index is 13.9. The van der Waals surface area contributed by atoms with Crippen LogP contribution < -0.4 is 10.1 Å². The summed E-state index contributed by atoms with van der Waals surface area (Å²) in [6.45, 7) is 2.60. The smallest absolute Gasteiger partial charge is 0.506 e. The summed E-state index contributed by atoms with van der Waals surface area (Å²) in [7, 11) is 0. The van der Waals surface area contributed by atoms with Crippen molar-refractivity contribution in [3.05, 3.63) is 58.4 Å². The third-order valence-electron chi connectivity index (χ3n) is 4.30. The van der Waals surface area contributed by atoms with Crippen LogP contribution in [-0.2, 0) is 0 Å². The Hall–Kier alpha value is -1.45. The van der Waals surface area contributed by atoms with E-state index in [0.29, 0.717) is 31.7 Å². The molecule has 0 aromatic heterocycles. The lowest BCUT2D eigenvalue weighted by molar-refractivity contribution is -0.274. The van der Waals surface area contributed by atoms with Gasteiger partial charge >= 0.3 is 6.36 Å². The highest BCUT2D eigenvalue weighted by Crippen LogP contribution is 2.39. The average molecular weight is 478 g/mol. The van der Waals surface area contributed by atoms with E-state index in [9.17, 15) is 22.7 Å². The first kappa shape index (κ1) is 25.6. The fraction of sp³-hybridized carbons (Fsp3) is 0.333.